The van der Waals surface area contributed by atoms with Gasteiger partial charge in [-0.3, -0.25) is 0 Å². The first-order valence-corrected chi connectivity index (χ1v) is 6.06. The minimum Gasteiger partial charge on any atom is -0.198 e. The maximum absolute atomic E-state index is 9.05. The van der Waals surface area contributed by atoms with Gasteiger partial charge < -0.3 is 0 Å². The molecule has 0 rings (SSSR count). The molecule has 84 valence electrons. The summed E-state index contributed by atoms with van der Waals surface area (Å²) in [6.45, 7) is 4.27. The van der Waals surface area contributed by atoms with Gasteiger partial charge >= 0.3 is 0 Å². The van der Waals surface area contributed by atoms with Crippen LogP contribution in [0.5, 0.6) is 0 Å². The Hall–Kier alpha value is -1.02. The van der Waals surface area contributed by atoms with Crippen molar-refractivity contribution in [2.75, 3.05) is 0 Å². The van der Waals surface area contributed by atoms with Crippen molar-refractivity contribution < 1.29 is 0 Å². The molecule has 2 atom stereocenters. The minimum atomic E-state index is 0.0894. The van der Waals surface area contributed by atoms with Crippen LogP contribution in [0, 0.1) is 34.5 Å². The van der Waals surface area contributed by atoms with E-state index in [0.29, 0.717) is 12.3 Å². The molecule has 0 fully saturated rings. The first-order chi connectivity index (χ1) is 7.29. The zero-order valence-electron chi connectivity index (χ0n) is 10.00. The first-order valence-electron chi connectivity index (χ1n) is 6.06. The number of nitriles is 2. The number of unbranched alkanes of at least 4 members (excludes halogenated alkanes) is 2. The molecule has 0 bridgehead atoms. The summed E-state index contributed by atoms with van der Waals surface area (Å²) in [7, 11) is 0. The molecule has 0 heterocycles. The van der Waals surface area contributed by atoms with Gasteiger partial charge in [0.15, 0.2) is 0 Å². The van der Waals surface area contributed by atoms with Crippen LogP contribution < -0.4 is 0 Å². The van der Waals surface area contributed by atoms with Crippen LogP contribution >= 0.6 is 0 Å². The summed E-state index contributed by atoms with van der Waals surface area (Å²) in [5.74, 6) is 0.387. The van der Waals surface area contributed by atoms with Gasteiger partial charge in [0.2, 0.25) is 0 Å². The molecule has 0 N–H and O–H groups in total. The second-order valence-corrected chi connectivity index (χ2v) is 4.14. The standard InChI is InChI=1S/C13H22N2/c1-3-5-6-8-12(9-10-14)13(11-15)7-4-2/h12-13H,3-9H2,1-2H3. The summed E-state index contributed by atoms with van der Waals surface area (Å²) in [5, 5.41) is 17.8. The summed E-state index contributed by atoms with van der Waals surface area (Å²) >= 11 is 0. The third-order valence-corrected chi connectivity index (χ3v) is 2.87. The molecule has 0 radical (unpaired) electrons. The molecule has 0 spiro atoms. The van der Waals surface area contributed by atoms with Crippen LogP contribution in [0.15, 0.2) is 0 Å². The summed E-state index contributed by atoms with van der Waals surface area (Å²) in [6.07, 6.45) is 7.13. The molecule has 0 aromatic rings. The SMILES string of the molecule is CCCCCC(CC#N)C(C#N)CCC. The lowest BCUT2D eigenvalue weighted by atomic mass is 9.84. The number of hydrogen-bond donors (Lipinski definition) is 0. The highest BCUT2D eigenvalue weighted by atomic mass is 14.3. The highest BCUT2D eigenvalue weighted by Gasteiger charge is 2.19. The number of rotatable bonds is 8. The summed E-state index contributed by atoms with van der Waals surface area (Å²) in [5.41, 5.74) is 0. The highest BCUT2D eigenvalue weighted by Crippen LogP contribution is 2.25. The molecule has 0 aliphatic carbocycles. The minimum absolute atomic E-state index is 0.0894. The van der Waals surface area contributed by atoms with E-state index >= 15 is 0 Å². The summed E-state index contributed by atoms with van der Waals surface area (Å²) in [4.78, 5) is 0. The van der Waals surface area contributed by atoms with Crippen LogP contribution in [-0.2, 0) is 0 Å². The fourth-order valence-corrected chi connectivity index (χ4v) is 1.94. The van der Waals surface area contributed by atoms with E-state index in [4.69, 9.17) is 10.5 Å². The van der Waals surface area contributed by atoms with E-state index in [1.807, 2.05) is 0 Å². The fraction of sp³-hybridized carbons (Fsp3) is 0.846. The molecule has 0 aromatic heterocycles. The van der Waals surface area contributed by atoms with Gasteiger partial charge in [-0.05, 0) is 18.8 Å². The average Bonchev–Trinajstić information content (AvgIpc) is 2.25. The fourth-order valence-electron chi connectivity index (χ4n) is 1.94. The van der Waals surface area contributed by atoms with Crippen LogP contribution in [0.25, 0.3) is 0 Å². The molecule has 15 heavy (non-hydrogen) atoms. The van der Waals surface area contributed by atoms with Crippen LogP contribution in [-0.4, -0.2) is 0 Å². The number of nitrogens with zero attached hydrogens (tertiary/aromatic N) is 2. The second-order valence-electron chi connectivity index (χ2n) is 4.14. The van der Waals surface area contributed by atoms with Crippen molar-refractivity contribution in [1.82, 2.24) is 0 Å². The Balaban J connectivity index is 4.11. The quantitative estimate of drug-likeness (QED) is 0.563. The monoisotopic (exact) mass is 206 g/mol. The molecule has 0 aromatic carbocycles. The van der Waals surface area contributed by atoms with Gasteiger partial charge in [-0.1, -0.05) is 39.5 Å². The Labute approximate surface area is 93.9 Å². The van der Waals surface area contributed by atoms with E-state index in [0.717, 1.165) is 25.7 Å². The van der Waals surface area contributed by atoms with Crippen molar-refractivity contribution in [2.45, 2.75) is 58.8 Å². The summed E-state index contributed by atoms with van der Waals surface area (Å²) < 4.78 is 0. The van der Waals surface area contributed by atoms with Crippen LogP contribution in [0.1, 0.15) is 58.8 Å². The van der Waals surface area contributed by atoms with Crippen molar-refractivity contribution in [3.63, 3.8) is 0 Å². The Morgan fingerprint density at radius 3 is 2.20 bits per heavy atom. The van der Waals surface area contributed by atoms with Gasteiger partial charge in [0.1, 0.15) is 0 Å². The second kappa shape index (κ2) is 9.53. The molecular weight excluding hydrogens is 184 g/mol. The van der Waals surface area contributed by atoms with Crippen LogP contribution in [0.4, 0.5) is 0 Å². The van der Waals surface area contributed by atoms with E-state index in [-0.39, 0.29) is 5.92 Å². The number of hydrogen-bond acceptors (Lipinski definition) is 2. The van der Waals surface area contributed by atoms with Gasteiger partial charge in [-0.2, -0.15) is 10.5 Å². The van der Waals surface area contributed by atoms with Crippen molar-refractivity contribution in [2.24, 2.45) is 11.8 Å². The molecule has 0 saturated carbocycles. The molecule has 2 heteroatoms. The van der Waals surface area contributed by atoms with Gasteiger partial charge in [0, 0.05) is 6.42 Å². The van der Waals surface area contributed by atoms with E-state index in [9.17, 15) is 0 Å². The largest absolute Gasteiger partial charge is 0.198 e. The van der Waals surface area contributed by atoms with Gasteiger partial charge in [-0.15, -0.1) is 0 Å². The molecule has 2 unspecified atom stereocenters. The zero-order valence-corrected chi connectivity index (χ0v) is 10.00. The molecule has 0 saturated heterocycles. The lowest BCUT2D eigenvalue weighted by molar-refractivity contribution is 0.349. The maximum atomic E-state index is 9.05. The molecule has 0 amide bonds. The Bertz CT molecular complexity index is 222. The predicted octanol–water partition coefficient (Wildman–Crippen LogP) is 4.04. The average molecular weight is 206 g/mol. The maximum Gasteiger partial charge on any atom is 0.0659 e. The van der Waals surface area contributed by atoms with Gasteiger partial charge in [-0.25, -0.2) is 0 Å². The predicted molar refractivity (Wildman–Crippen MR) is 61.9 cm³/mol. The first kappa shape index (κ1) is 14.0. The molecule has 2 nitrogen and oxygen atoms in total. The van der Waals surface area contributed by atoms with E-state index in [1.54, 1.807) is 0 Å². The van der Waals surface area contributed by atoms with E-state index in [1.165, 1.54) is 12.8 Å². The van der Waals surface area contributed by atoms with Crippen molar-refractivity contribution in [3.05, 3.63) is 0 Å². The van der Waals surface area contributed by atoms with Crippen LogP contribution in [0.3, 0.4) is 0 Å². The van der Waals surface area contributed by atoms with E-state index in [2.05, 4.69) is 26.0 Å². The van der Waals surface area contributed by atoms with Crippen LogP contribution in [0.2, 0.25) is 0 Å². The van der Waals surface area contributed by atoms with Gasteiger partial charge in [0.05, 0.1) is 18.1 Å². The molecule has 0 aliphatic rings. The lowest BCUT2D eigenvalue weighted by Gasteiger charge is -2.18. The van der Waals surface area contributed by atoms with Gasteiger partial charge in [0.25, 0.3) is 0 Å². The molecule has 0 aliphatic heterocycles. The Morgan fingerprint density at radius 2 is 1.73 bits per heavy atom. The van der Waals surface area contributed by atoms with E-state index < -0.39 is 0 Å². The van der Waals surface area contributed by atoms with Crippen molar-refractivity contribution in [3.8, 4) is 12.1 Å². The zero-order chi connectivity index (χ0) is 11.5. The Morgan fingerprint density at radius 1 is 1.00 bits per heavy atom. The van der Waals surface area contributed by atoms with Crippen molar-refractivity contribution in [1.29, 1.82) is 10.5 Å². The third-order valence-electron chi connectivity index (χ3n) is 2.87. The smallest absolute Gasteiger partial charge is 0.0659 e. The Kier molecular flexibility index (Phi) is 8.88. The summed E-state index contributed by atoms with van der Waals surface area (Å²) in [6, 6.07) is 4.58. The third kappa shape index (κ3) is 6.13. The normalized spacial score (nSPS) is 13.9. The lowest BCUT2D eigenvalue weighted by Crippen LogP contribution is -2.12. The molecular formula is C13H22N2. The topological polar surface area (TPSA) is 47.6 Å². The van der Waals surface area contributed by atoms with Crippen molar-refractivity contribution >= 4 is 0 Å². The highest BCUT2D eigenvalue weighted by molar-refractivity contribution is 4.91.